The molecule has 5 heteroatoms. The smallest absolute Gasteiger partial charge is 0.309 e. The van der Waals surface area contributed by atoms with Crippen LogP contribution in [-0.2, 0) is 9.53 Å². The molecule has 162 valence electrons. The first-order valence-corrected chi connectivity index (χ1v) is 12.9. The molecule has 2 unspecified atom stereocenters. The van der Waals surface area contributed by atoms with Crippen LogP contribution in [0.3, 0.4) is 0 Å². The molecule has 0 bridgehead atoms. The highest BCUT2D eigenvalue weighted by molar-refractivity contribution is 6.86. The van der Waals surface area contributed by atoms with Crippen LogP contribution in [0.2, 0.25) is 0 Å². The number of esters is 1. The summed E-state index contributed by atoms with van der Waals surface area (Å²) in [6.45, 7) is 14.0. The molecule has 0 amide bonds. The van der Waals surface area contributed by atoms with Crippen LogP contribution in [0.15, 0.2) is 60.7 Å². The molecule has 2 aromatic rings. The highest BCUT2D eigenvalue weighted by Gasteiger charge is 2.44. The molecule has 2 aromatic carbocycles. The fourth-order valence-corrected chi connectivity index (χ4v) is 8.58. The minimum absolute atomic E-state index is 0.0569. The average molecular weight is 425 g/mol. The van der Waals surface area contributed by atoms with E-state index in [9.17, 15) is 4.79 Å². The Morgan fingerprint density at radius 3 is 2.03 bits per heavy atom. The van der Waals surface area contributed by atoms with Gasteiger partial charge in [0.15, 0.2) is 0 Å². The van der Waals surface area contributed by atoms with Gasteiger partial charge in [0.05, 0.1) is 18.3 Å². The van der Waals surface area contributed by atoms with Crippen molar-refractivity contribution in [1.29, 1.82) is 0 Å². The largest absolute Gasteiger partial charge is 0.466 e. The molecule has 2 atom stereocenters. The van der Waals surface area contributed by atoms with E-state index < -0.39 is 8.80 Å². The van der Waals surface area contributed by atoms with Gasteiger partial charge in [0.25, 0.3) is 0 Å². The molecule has 0 aromatic heterocycles. The first-order valence-electron chi connectivity index (χ1n) is 11.1. The lowest BCUT2D eigenvalue weighted by Crippen LogP contribution is -2.65. The van der Waals surface area contributed by atoms with Gasteiger partial charge in [-0.2, -0.15) is 0 Å². The van der Waals surface area contributed by atoms with Crippen LogP contribution in [-0.4, -0.2) is 62.1 Å². The van der Waals surface area contributed by atoms with E-state index in [0.29, 0.717) is 12.4 Å². The van der Waals surface area contributed by atoms with Crippen LogP contribution in [0.1, 0.15) is 34.6 Å². The molecule has 1 heterocycles. The maximum absolute atomic E-state index is 12.4. The number of rotatable bonds is 7. The molecule has 1 saturated heterocycles. The SMILES string of the molecule is CCOC(=O)C(C)CN1CCN(C(C)(C)C)C1[SiH](c1ccccc1)c1ccccc1. The molecular formula is C25H36N2O2Si. The second-order valence-electron chi connectivity index (χ2n) is 9.22. The van der Waals surface area contributed by atoms with Gasteiger partial charge >= 0.3 is 5.97 Å². The summed E-state index contributed by atoms with van der Waals surface area (Å²) in [6, 6.07) is 22.0. The number of nitrogens with zero attached hydrogens (tertiary/aromatic N) is 2. The molecule has 0 aliphatic carbocycles. The first-order chi connectivity index (χ1) is 14.3. The fraction of sp³-hybridized carbons (Fsp3) is 0.480. The van der Waals surface area contributed by atoms with E-state index >= 15 is 0 Å². The van der Waals surface area contributed by atoms with Gasteiger partial charge in [-0.05, 0) is 27.7 Å². The minimum atomic E-state index is -1.63. The summed E-state index contributed by atoms with van der Waals surface area (Å²) < 4.78 is 5.31. The predicted molar refractivity (Wildman–Crippen MR) is 127 cm³/mol. The topological polar surface area (TPSA) is 32.8 Å². The summed E-state index contributed by atoms with van der Waals surface area (Å²) in [7, 11) is -1.63. The Morgan fingerprint density at radius 2 is 1.57 bits per heavy atom. The van der Waals surface area contributed by atoms with Crippen molar-refractivity contribution >= 4 is 25.1 Å². The van der Waals surface area contributed by atoms with Gasteiger partial charge in [0.2, 0.25) is 0 Å². The van der Waals surface area contributed by atoms with Gasteiger partial charge < -0.3 is 4.74 Å². The van der Waals surface area contributed by atoms with Crippen molar-refractivity contribution < 1.29 is 9.53 Å². The normalized spacial score (nSPS) is 19.2. The van der Waals surface area contributed by atoms with Gasteiger partial charge in [0, 0.05) is 25.2 Å². The number of hydrogen-bond donors (Lipinski definition) is 0. The average Bonchev–Trinajstić information content (AvgIpc) is 3.13. The number of carbonyl (C=O) groups excluding carboxylic acids is 1. The molecule has 30 heavy (non-hydrogen) atoms. The van der Waals surface area contributed by atoms with Crippen LogP contribution in [0.4, 0.5) is 0 Å². The number of ether oxygens (including phenoxy) is 1. The first kappa shape index (κ1) is 22.7. The van der Waals surface area contributed by atoms with E-state index in [-0.39, 0.29) is 17.4 Å². The third-order valence-electron chi connectivity index (χ3n) is 6.00. The van der Waals surface area contributed by atoms with E-state index in [1.165, 1.54) is 10.4 Å². The van der Waals surface area contributed by atoms with Crippen LogP contribution < -0.4 is 10.4 Å². The zero-order valence-corrected chi connectivity index (χ0v) is 20.2. The summed E-state index contributed by atoms with van der Waals surface area (Å²) in [5, 5.41) is 2.89. The quantitative estimate of drug-likeness (QED) is 0.505. The van der Waals surface area contributed by atoms with Gasteiger partial charge in [0.1, 0.15) is 8.80 Å². The van der Waals surface area contributed by atoms with E-state index in [2.05, 4.69) is 91.2 Å². The molecule has 1 aliphatic heterocycles. The van der Waals surface area contributed by atoms with Gasteiger partial charge in [-0.25, -0.2) is 0 Å². The Kier molecular flexibility index (Phi) is 7.50. The molecular weight excluding hydrogens is 388 g/mol. The van der Waals surface area contributed by atoms with E-state index in [1.54, 1.807) is 0 Å². The fourth-order valence-electron chi connectivity index (χ4n) is 4.59. The van der Waals surface area contributed by atoms with Crippen molar-refractivity contribution in [2.75, 3.05) is 26.2 Å². The number of benzene rings is 2. The van der Waals surface area contributed by atoms with Crippen LogP contribution >= 0.6 is 0 Å². The molecule has 0 radical (unpaired) electrons. The minimum Gasteiger partial charge on any atom is -0.466 e. The Hall–Kier alpha value is -1.95. The monoisotopic (exact) mass is 424 g/mol. The van der Waals surface area contributed by atoms with Crippen molar-refractivity contribution in [3.8, 4) is 0 Å². The third-order valence-corrected chi connectivity index (χ3v) is 9.58. The van der Waals surface area contributed by atoms with Crippen molar-refractivity contribution in [3.05, 3.63) is 60.7 Å². The van der Waals surface area contributed by atoms with Crippen LogP contribution in [0.5, 0.6) is 0 Å². The Bertz CT molecular complexity index is 767. The summed E-state index contributed by atoms with van der Waals surface area (Å²) in [5.74, 6) is 0.0864. The Labute approximate surface area is 183 Å². The summed E-state index contributed by atoms with van der Waals surface area (Å²) in [6.07, 6.45) is 0. The van der Waals surface area contributed by atoms with Gasteiger partial charge in [-0.1, -0.05) is 78.0 Å². The second kappa shape index (κ2) is 9.90. The molecule has 0 N–H and O–H groups in total. The third kappa shape index (κ3) is 5.20. The summed E-state index contributed by atoms with van der Waals surface area (Å²) in [5.41, 5.74) is 0.0569. The Morgan fingerprint density at radius 1 is 1.03 bits per heavy atom. The number of carbonyl (C=O) groups is 1. The van der Waals surface area contributed by atoms with Gasteiger partial charge in [-0.15, -0.1) is 0 Å². The zero-order valence-electron chi connectivity index (χ0n) is 19.0. The van der Waals surface area contributed by atoms with Crippen molar-refractivity contribution in [2.45, 2.75) is 45.9 Å². The zero-order chi connectivity index (χ0) is 21.7. The lowest BCUT2D eigenvalue weighted by Gasteiger charge is -2.43. The lowest BCUT2D eigenvalue weighted by atomic mass is 10.1. The number of hydrogen-bond acceptors (Lipinski definition) is 4. The molecule has 0 saturated carbocycles. The van der Waals surface area contributed by atoms with Crippen molar-refractivity contribution in [3.63, 3.8) is 0 Å². The highest BCUT2D eigenvalue weighted by Crippen LogP contribution is 2.27. The molecule has 3 rings (SSSR count). The molecule has 4 nitrogen and oxygen atoms in total. The second-order valence-corrected chi connectivity index (χ2v) is 12.1. The van der Waals surface area contributed by atoms with Crippen LogP contribution in [0.25, 0.3) is 0 Å². The van der Waals surface area contributed by atoms with E-state index in [0.717, 1.165) is 19.6 Å². The predicted octanol–water partition coefficient (Wildman–Crippen LogP) is 2.51. The maximum Gasteiger partial charge on any atom is 0.309 e. The maximum atomic E-state index is 12.4. The van der Waals surface area contributed by atoms with Crippen molar-refractivity contribution in [1.82, 2.24) is 9.80 Å². The van der Waals surface area contributed by atoms with E-state index in [4.69, 9.17) is 4.74 Å². The summed E-state index contributed by atoms with van der Waals surface area (Å²) in [4.78, 5) is 17.6. The standard InChI is InChI=1S/C25H36N2O2Si/c1-6-29-23(28)20(2)19-26-17-18-27(25(3,4)5)24(26)30(21-13-9-7-10-14-21)22-15-11-8-12-16-22/h7-16,20,24,30H,6,17-19H2,1-5H3. The van der Waals surface area contributed by atoms with E-state index in [1.807, 2.05) is 13.8 Å². The highest BCUT2D eigenvalue weighted by atomic mass is 28.3. The lowest BCUT2D eigenvalue weighted by molar-refractivity contribution is -0.148. The summed E-state index contributed by atoms with van der Waals surface area (Å²) >= 11 is 0. The molecule has 1 fully saturated rings. The Balaban J connectivity index is 2.01. The molecule has 1 aliphatic rings. The van der Waals surface area contributed by atoms with Gasteiger partial charge in [-0.3, -0.25) is 14.6 Å². The van der Waals surface area contributed by atoms with Crippen LogP contribution in [0, 0.1) is 5.92 Å². The molecule has 0 spiro atoms. The van der Waals surface area contributed by atoms with Crippen molar-refractivity contribution in [2.24, 2.45) is 5.92 Å².